The van der Waals surface area contributed by atoms with Crippen LogP contribution in [0.4, 0.5) is 0 Å². The van der Waals surface area contributed by atoms with Gasteiger partial charge in [-0.05, 0) is 46.9 Å². The first kappa shape index (κ1) is 13.4. The second-order valence-electron chi connectivity index (χ2n) is 3.19. The Bertz CT molecular complexity index is 340. The molecule has 0 saturated heterocycles. The third-order valence-corrected chi connectivity index (χ3v) is 2.75. The van der Waals surface area contributed by atoms with E-state index < -0.39 is 0 Å². The second-order valence-corrected chi connectivity index (χ2v) is 4.43. The van der Waals surface area contributed by atoms with E-state index in [1.165, 1.54) is 0 Å². The summed E-state index contributed by atoms with van der Waals surface area (Å²) in [6.45, 7) is 2.85. The number of hydrogen-bond acceptors (Lipinski definition) is 4. The van der Waals surface area contributed by atoms with Gasteiger partial charge in [-0.3, -0.25) is 0 Å². The summed E-state index contributed by atoms with van der Waals surface area (Å²) in [5, 5.41) is 10.2. The number of hydroxylamine groups is 2. The maximum Gasteiger partial charge on any atom is 0.338 e. The van der Waals surface area contributed by atoms with E-state index in [9.17, 15) is 4.79 Å². The maximum absolute atomic E-state index is 11.5. The van der Waals surface area contributed by atoms with Gasteiger partial charge in [-0.2, -0.15) is 5.06 Å². The number of benzene rings is 1. The van der Waals surface area contributed by atoms with Crippen LogP contribution in [0.3, 0.4) is 0 Å². The zero-order chi connectivity index (χ0) is 12.0. The van der Waals surface area contributed by atoms with Gasteiger partial charge in [0.15, 0.2) is 0 Å². The molecule has 1 aromatic rings. The molecule has 0 aromatic heterocycles. The van der Waals surface area contributed by atoms with E-state index in [1.54, 1.807) is 12.1 Å². The molecule has 0 spiro atoms. The molecule has 0 aliphatic rings. The fourth-order valence-corrected chi connectivity index (χ4v) is 1.43. The lowest BCUT2D eigenvalue weighted by Crippen LogP contribution is -2.24. The minimum absolute atomic E-state index is 0.190. The normalized spacial score (nSPS) is 10.5. The van der Waals surface area contributed by atoms with Crippen molar-refractivity contribution in [3.8, 4) is 0 Å². The molecule has 0 fully saturated rings. The number of halogens is 1. The van der Waals surface area contributed by atoms with E-state index in [0.29, 0.717) is 18.7 Å². The van der Waals surface area contributed by atoms with Crippen LogP contribution in [0.5, 0.6) is 0 Å². The van der Waals surface area contributed by atoms with Crippen molar-refractivity contribution in [3.63, 3.8) is 0 Å². The van der Waals surface area contributed by atoms with E-state index in [-0.39, 0.29) is 12.6 Å². The fraction of sp³-hybridized carbons (Fsp3) is 0.364. The summed E-state index contributed by atoms with van der Waals surface area (Å²) in [4.78, 5) is 11.5. The predicted molar refractivity (Wildman–Crippen MR) is 68.5 cm³/mol. The summed E-state index contributed by atoms with van der Waals surface area (Å²) in [6, 6.07) is 7.14. The van der Waals surface area contributed by atoms with Crippen LogP contribution >= 0.6 is 22.6 Å². The topological polar surface area (TPSA) is 49.8 Å². The highest BCUT2D eigenvalue weighted by Gasteiger charge is 2.06. The van der Waals surface area contributed by atoms with Gasteiger partial charge in [0, 0.05) is 10.1 Å². The number of ether oxygens (including phenoxy) is 1. The fourth-order valence-electron chi connectivity index (χ4n) is 1.07. The minimum atomic E-state index is -0.360. The Morgan fingerprint density at radius 3 is 2.62 bits per heavy atom. The Labute approximate surface area is 108 Å². The van der Waals surface area contributed by atoms with E-state index >= 15 is 0 Å². The Balaban J connectivity index is 2.38. The van der Waals surface area contributed by atoms with Gasteiger partial charge in [0.25, 0.3) is 0 Å². The monoisotopic (exact) mass is 335 g/mol. The summed E-state index contributed by atoms with van der Waals surface area (Å²) in [7, 11) is 0. The van der Waals surface area contributed by atoms with Crippen molar-refractivity contribution >= 4 is 28.6 Å². The van der Waals surface area contributed by atoms with E-state index in [0.717, 1.165) is 8.63 Å². The molecule has 0 aliphatic carbocycles. The molecule has 16 heavy (non-hydrogen) atoms. The highest BCUT2D eigenvalue weighted by molar-refractivity contribution is 14.1. The highest BCUT2D eigenvalue weighted by Crippen LogP contribution is 2.07. The molecule has 0 bridgehead atoms. The Hall–Kier alpha value is -0.660. The first-order valence-electron chi connectivity index (χ1n) is 5.00. The SMILES string of the molecule is CCN(O)CCOC(=O)c1ccc(I)cc1. The zero-order valence-electron chi connectivity index (χ0n) is 9.02. The number of rotatable bonds is 5. The Kier molecular flexibility index (Phi) is 5.72. The van der Waals surface area contributed by atoms with Crippen LogP contribution in [0.1, 0.15) is 17.3 Å². The molecule has 88 valence electrons. The number of carbonyl (C=O) groups is 1. The predicted octanol–water partition coefficient (Wildman–Crippen LogP) is 2.16. The molecular formula is C11H14INO3. The molecule has 0 radical (unpaired) electrons. The van der Waals surface area contributed by atoms with Crippen LogP contribution in [-0.4, -0.2) is 35.9 Å². The van der Waals surface area contributed by atoms with Gasteiger partial charge >= 0.3 is 5.97 Å². The third kappa shape index (κ3) is 4.46. The van der Waals surface area contributed by atoms with Crippen molar-refractivity contribution < 1.29 is 14.7 Å². The zero-order valence-corrected chi connectivity index (χ0v) is 11.2. The average Bonchev–Trinajstić information content (AvgIpc) is 2.29. The van der Waals surface area contributed by atoms with Crippen LogP contribution in [0.25, 0.3) is 0 Å². The molecule has 0 amide bonds. The van der Waals surface area contributed by atoms with Crippen molar-refractivity contribution in [1.82, 2.24) is 5.06 Å². The number of hydrogen-bond donors (Lipinski definition) is 1. The van der Waals surface area contributed by atoms with Crippen LogP contribution < -0.4 is 0 Å². The third-order valence-electron chi connectivity index (χ3n) is 2.03. The van der Waals surface area contributed by atoms with Crippen molar-refractivity contribution in [2.75, 3.05) is 19.7 Å². The Morgan fingerprint density at radius 2 is 2.06 bits per heavy atom. The van der Waals surface area contributed by atoms with Gasteiger partial charge in [0.2, 0.25) is 0 Å². The van der Waals surface area contributed by atoms with Crippen molar-refractivity contribution in [3.05, 3.63) is 33.4 Å². The lowest BCUT2D eigenvalue weighted by molar-refractivity contribution is -0.0952. The largest absolute Gasteiger partial charge is 0.461 e. The van der Waals surface area contributed by atoms with Crippen LogP contribution in [0.15, 0.2) is 24.3 Å². The maximum atomic E-state index is 11.5. The van der Waals surface area contributed by atoms with Gasteiger partial charge in [-0.1, -0.05) is 6.92 Å². The molecule has 1 N–H and O–H groups in total. The number of likely N-dealkylation sites (N-methyl/N-ethyl adjacent to an activating group) is 1. The number of carbonyl (C=O) groups excluding carboxylic acids is 1. The molecule has 0 atom stereocenters. The lowest BCUT2D eigenvalue weighted by Gasteiger charge is -2.11. The standard InChI is InChI=1S/C11H14INO3/c1-2-13(15)7-8-16-11(14)9-3-5-10(12)6-4-9/h3-6,15H,2,7-8H2,1H3. The lowest BCUT2D eigenvalue weighted by atomic mass is 10.2. The summed E-state index contributed by atoms with van der Waals surface area (Å²) in [5.74, 6) is -0.360. The quantitative estimate of drug-likeness (QED) is 0.509. The van der Waals surface area contributed by atoms with Gasteiger partial charge in [-0.15, -0.1) is 0 Å². The van der Waals surface area contributed by atoms with Crippen molar-refractivity contribution in [2.45, 2.75) is 6.92 Å². The molecule has 5 heteroatoms. The summed E-state index contributed by atoms with van der Waals surface area (Å²) < 4.78 is 6.07. The number of esters is 1. The average molecular weight is 335 g/mol. The smallest absolute Gasteiger partial charge is 0.338 e. The molecular weight excluding hydrogens is 321 g/mol. The van der Waals surface area contributed by atoms with Gasteiger partial charge in [0.1, 0.15) is 6.61 Å². The van der Waals surface area contributed by atoms with Crippen LogP contribution in [0, 0.1) is 3.57 Å². The number of nitrogens with zero attached hydrogens (tertiary/aromatic N) is 1. The molecule has 0 unspecified atom stereocenters. The van der Waals surface area contributed by atoms with Crippen molar-refractivity contribution in [1.29, 1.82) is 0 Å². The molecule has 1 rings (SSSR count). The molecule has 1 aromatic carbocycles. The highest BCUT2D eigenvalue weighted by atomic mass is 127. The molecule has 4 nitrogen and oxygen atoms in total. The van der Waals surface area contributed by atoms with E-state index in [2.05, 4.69) is 22.6 Å². The van der Waals surface area contributed by atoms with Gasteiger partial charge in [0.05, 0.1) is 12.1 Å². The van der Waals surface area contributed by atoms with Crippen LogP contribution in [-0.2, 0) is 4.74 Å². The van der Waals surface area contributed by atoms with Gasteiger partial charge < -0.3 is 9.94 Å². The van der Waals surface area contributed by atoms with Gasteiger partial charge in [-0.25, -0.2) is 4.79 Å². The summed E-state index contributed by atoms with van der Waals surface area (Å²) >= 11 is 2.17. The van der Waals surface area contributed by atoms with Crippen molar-refractivity contribution in [2.24, 2.45) is 0 Å². The van der Waals surface area contributed by atoms with E-state index in [1.807, 2.05) is 19.1 Å². The molecule has 0 aliphatic heterocycles. The first-order chi connectivity index (χ1) is 7.63. The first-order valence-corrected chi connectivity index (χ1v) is 6.08. The minimum Gasteiger partial charge on any atom is -0.461 e. The second kappa shape index (κ2) is 6.82. The van der Waals surface area contributed by atoms with Crippen LogP contribution in [0.2, 0.25) is 0 Å². The Morgan fingerprint density at radius 1 is 1.44 bits per heavy atom. The summed E-state index contributed by atoms with van der Waals surface area (Å²) in [6.07, 6.45) is 0. The molecule has 0 saturated carbocycles. The summed E-state index contributed by atoms with van der Waals surface area (Å²) in [5.41, 5.74) is 0.529. The van der Waals surface area contributed by atoms with E-state index in [4.69, 9.17) is 9.94 Å². The molecule has 0 heterocycles.